The Hall–Kier alpha value is -2.17. The van der Waals surface area contributed by atoms with E-state index in [4.69, 9.17) is 0 Å². The lowest BCUT2D eigenvalue weighted by molar-refractivity contribution is -0.131. The summed E-state index contributed by atoms with van der Waals surface area (Å²) in [4.78, 5) is 41.7. The van der Waals surface area contributed by atoms with Crippen LogP contribution in [-0.4, -0.2) is 47.2 Å². The van der Waals surface area contributed by atoms with Crippen molar-refractivity contribution in [1.29, 1.82) is 0 Å². The van der Waals surface area contributed by atoms with E-state index >= 15 is 0 Å². The van der Waals surface area contributed by atoms with Crippen LogP contribution in [0.3, 0.4) is 0 Å². The molecular formula is C30H48N2O3. The molecule has 0 spiro atoms. The van der Waals surface area contributed by atoms with Crippen LogP contribution in [0.1, 0.15) is 137 Å². The predicted molar refractivity (Wildman–Crippen MR) is 144 cm³/mol. The average Bonchev–Trinajstić information content (AvgIpc) is 3.10. The molecule has 0 N–H and O–H groups in total. The molecule has 0 saturated carbocycles. The van der Waals surface area contributed by atoms with Crippen molar-refractivity contribution in [3.8, 4) is 0 Å². The van der Waals surface area contributed by atoms with Crippen molar-refractivity contribution in [2.45, 2.75) is 117 Å². The molecular weight excluding hydrogens is 436 g/mol. The number of carbonyl (C=O) groups excluding carboxylic acids is 3. The van der Waals surface area contributed by atoms with Gasteiger partial charge < -0.3 is 4.90 Å². The fourth-order valence-corrected chi connectivity index (χ4v) is 4.85. The molecule has 3 amide bonds. The van der Waals surface area contributed by atoms with E-state index in [1.54, 1.807) is 24.3 Å². The third-order valence-electron chi connectivity index (χ3n) is 7.09. The van der Waals surface area contributed by atoms with Crippen LogP contribution in [0.2, 0.25) is 0 Å². The number of hydrogen-bond acceptors (Lipinski definition) is 3. The third-order valence-corrected chi connectivity index (χ3v) is 7.09. The van der Waals surface area contributed by atoms with E-state index in [2.05, 4.69) is 13.8 Å². The molecule has 1 aromatic rings. The number of hydrogen-bond donors (Lipinski definition) is 0. The van der Waals surface area contributed by atoms with Gasteiger partial charge in [-0.05, 0) is 25.0 Å². The number of nitrogens with zero attached hydrogens (tertiary/aromatic N) is 2. The first-order valence-corrected chi connectivity index (χ1v) is 14.3. The molecule has 1 aliphatic rings. The topological polar surface area (TPSA) is 57.7 Å². The summed E-state index contributed by atoms with van der Waals surface area (Å²) >= 11 is 0. The van der Waals surface area contributed by atoms with Crippen LogP contribution in [0.5, 0.6) is 0 Å². The van der Waals surface area contributed by atoms with Crippen LogP contribution < -0.4 is 0 Å². The molecule has 0 radical (unpaired) electrons. The van der Waals surface area contributed by atoms with Crippen LogP contribution in [0.25, 0.3) is 0 Å². The summed E-state index contributed by atoms with van der Waals surface area (Å²) < 4.78 is 0. The molecule has 5 heteroatoms. The van der Waals surface area contributed by atoms with E-state index in [1.807, 2.05) is 4.90 Å². The fourth-order valence-electron chi connectivity index (χ4n) is 4.85. The van der Waals surface area contributed by atoms with Gasteiger partial charge in [0.05, 0.1) is 11.1 Å². The second kappa shape index (κ2) is 17.3. The van der Waals surface area contributed by atoms with Crippen LogP contribution in [0.15, 0.2) is 24.3 Å². The summed E-state index contributed by atoms with van der Waals surface area (Å²) in [6.07, 6.45) is 19.6. The lowest BCUT2D eigenvalue weighted by Crippen LogP contribution is -2.43. The Labute approximate surface area is 213 Å². The van der Waals surface area contributed by atoms with E-state index in [0.717, 1.165) is 30.6 Å². The minimum Gasteiger partial charge on any atom is -0.341 e. The molecule has 0 unspecified atom stereocenters. The quantitative estimate of drug-likeness (QED) is 0.143. The maximum Gasteiger partial charge on any atom is 0.262 e. The summed E-state index contributed by atoms with van der Waals surface area (Å²) in [5.41, 5.74) is 0.811. The summed E-state index contributed by atoms with van der Waals surface area (Å²) in [6, 6.07) is 6.84. The molecule has 0 fully saturated rings. The zero-order valence-corrected chi connectivity index (χ0v) is 22.4. The lowest BCUT2D eigenvalue weighted by atomic mass is 10.1. The number of imide groups is 1. The largest absolute Gasteiger partial charge is 0.341 e. The second-order valence-corrected chi connectivity index (χ2v) is 10.1. The Morgan fingerprint density at radius 3 is 1.40 bits per heavy atom. The molecule has 35 heavy (non-hydrogen) atoms. The molecule has 0 atom stereocenters. The number of carbonyl (C=O) groups is 3. The SMILES string of the molecule is CCCCCCCCCCN(CCCCCCCCCC)C(=O)CN1C(=O)c2ccccc2C1=O. The zero-order chi connectivity index (χ0) is 25.3. The van der Waals surface area contributed by atoms with Gasteiger partial charge in [-0.15, -0.1) is 0 Å². The number of unbranched alkanes of at least 4 members (excludes halogenated alkanes) is 14. The molecule has 2 rings (SSSR count). The van der Waals surface area contributed by atoms with Crippen LogP contribution in [-0.2, 0) is 4.79 Å². The second-order valence-electron chi connectivity index (χ2n) is 10.1. The van der Waals surface area contributed by atoms with Gasteiger partial charge >= 0.3 is 0 Å². The van der Waals surface area contributed by atoms with Crippen LogP contribution in [0.4, 0.5) is 0 Å². The Morgan fingerprint density at radius 1 is 0.629 bits per heavy atom. The maximum absolute atomic E-state index is 13.2. The maximum atomic E-state index is 13.2. The molecule has 196 valence electrons. The molecule has 5 nitrogen and oxygen atoms in total. The highest BCUT2D eigenvalue weighted by molar-refractivity contribution is 6.22. The molecule has 0 saturated heterocycles. The first-order valence-electron chi connectivity index (χ1n) is 14.3. The zero-order valence-electron chi connectivity index (χ0n) is 22.4. The Balaban J connectivity index is 1.81. The summed E-state index contributed by atoms with van der Waals surface area (Å²) in [5, 5.41) is 0. The first-order chi connectivity index (χ1) is 17.1. The molecule has 1 aromatic carbocycles. The minimum atomic E-state index is -0.349. The summed E-state index contributed by atoms with van der Waals surface area (Å²) in [6.45, 7) is 5.75. The minimum absolute atomic E-state index is 0.106. The van der Waals surface area contributed by atoms with Gasteiger partial charge in [-0.25, -0.2) is 0 Å². The smallest absolute Gasteiger partial charge is 0.262 e. The fraction of sp³-hybridized carbons (Fsp3) is 0.700. The van der Waals surface area contributed by atoms with Crippen LogP contribution >= 0.6 is 0 Å². The highest BCUT2D eigenvalue weighted by Gasteiger charge is 2.36. The normalized spacial score (nSPS) is 12.9. The van der Waals surface area contributed by atoms with Gasteiger partial charge in [0.15, 0.2) is 0 Å². The predicted octanol–water partition coefficient (Wildman–Crippen LogP) is 7.39. The Morgan fingerprint density at radius 2 is 1.00 bits per heavy atom. The molecule has 1 aliphatic heterocycles. The lowest BCUT2D eigenvalue weighted by Gasteiger charge is -2.25. The van der Waals surface area contributed by atoms with Gasteiger partial charge in [-0.3, -0.25) is 19.3 Å². The van der Waals surface area contributed by atoms with Gasteiger partial charge in [0.25, 0.3) is 11.8 Å². The molecule has 0 aliphatic carbocycles. The number of rotatable bonds is 20. The van der Waals surface area contributed by atoms with Crippen molar-refractivity contribution in [2.75, 3.05) is 19.6 Å². The van der Waals surface area contributed by atoms with E-state index in [-0.39, 0.29) is 24.3 Å². The van der Waals surface area contributed by atoms with Crippen molar-refractivity contribution in [2.24, 2.45) is 0 Å². The number of fused-ring (bicyclic) bond motifs is 1. The first kappa shape index (κ1) is 29.1. The van der Waals surface area contributed by atoms with Gasteiger partial charge in [0, 0.05) is 13.1 Å². The van der Waals surface area contributed by atoms with E-state index in [9.17, 15) is 14.4 Å². The van der Waals surface area contributed by atoms with Crippen molar-refractivity contribution in [1.82, 2.24) is 9.80 Å². The van der Waals surface area contributed by atoms with Crippen molar-refractivity contribution >= 4 is 17.7 Å². The average molecular weight is 485 g/mol. The van der Waals surface area contributed by atoms with Gasteiger partial charge in [-0.1, -0.05) is 116 Å². The monoisotopic (exact) mass is 484 g/mol. The molecule has 1 heterocycles. The third kappa shape index (κ3) is 10.1. The Bertz CT molecular complexity index is 722. The van der Waals surface area contributed by atoms with Crippen molar-refractivity contribution in [3.05, 3.63) is 35.4 Å². The molecule has 0 aromatic heterocycles. The van der Waals surface area contributed by atoms with Gasteiger partial charge in [-0.2, -0.15) is 0 Å². The Kier molecular flexibility index (Phi) is 14.4. The van der Waals surface area contributed by atoms with Gasteiger partial charge in [0.2, 0.25) is 5.91 Å². The van der Waals surface area contributed by atoms with E-state index in [0.29, 0.717) is 24.2 Å². The standard InChI is InChI=1S/C30H48N2O3/c1-3-5-7-9-11-13-15-19-23-31(24-20-16-14-12-10-8-6-4-2)28(33)25-32-29(34)26-21-17-18-22-27(26)30(32)35/h17-18,21-22H,3-16,19-20,23-25H2,1-2H3. The van der Waals surface area contributed by atoms with Crippen molar-refractivity contribution < 1.29 is 14.4 Å². The highest BCUT2D eigenvalue weighted by atomic mass is 16.2. The number of benzene rings is 1. The van der Waals surface area contributed by atoms with Gasteiger partial charge in [0.1, 0.15) is 6.54 Å². The summed E-state index contributed by atoms with van der Waals surface area (Å²) in [5.74, 6) is -0.804. The number of amides is 3. The molecule has 0 bridgehead atoms. The summed E-state index contributed by atoms with van der Waals surface area (Å²) in [7, 11) is 0. The van der Waals surface area contributed by atoms with E-state index in [1.165, 1.54) is 77.0 Å². The van der Waals surface area contributed by atoms with Crippen LogP contribution in [0, 0.1) is 0 Å². The van der Waals surface area contributed by atoms with Crippen molar-refractivity contribution in [3.63, 3.8) is 0 Å². The van der Waals surface area contributed by atoms with E-state index < -0.39 is 0 Å². The highest BCUT2D eigenvalue weighted by Crippen LogP contribution is 2.22.